The molecule has 4 rings (SSSR count). The Balaban J connectivity index is 1.32. The highest BCUT2D eigenvalue weighted by Gasteiger charge is 2.21. The number of aromatic nitrogens is 1. The average Bonchev–Trinajstić information content (AvgIpc) is 2.79. The lowest BCUT2D eigenvalue weighted by Gasteiger charge is -2.33. The molecular formula is C25H27N3O. The van der Waals surface area contributed by atoms with Crippen molar-refractivity contribution in [2.45, 2.75) is 25.8 Å². The zero-order valence-corrected chi connectivity index (χ0v) is 16.6. The number of hydrogen-bond acceptors (Lipinski definition) is 3. The predicted octanol–water partition coefficient (Wildman–Crippen LogP) is 4.47. The molecule has 148 valence electrons. The Bertz CT molecular complexity index is 919. The number of carbonyl (C=O) groups is 1. The Kier molecular flexibility index (Phi) is 6.20. The highest BCUT2D eigenvalue weighted by molar-refractivity contribution is 5.94. The van der Waals surface area contributed by atoms with E-state index in [4.69, 9.17) is 0 Å². The second-order valence-corrected chi connectivity index (χ2v) is 7.69. The van der Waals surface area contributed by atoms with Crippen LogP contribution in [0.1, 0.15) is 34.3 Å². The van der Waals surface area contributed by atoms with E-state index in [-0.39, 0.29) is 5.91 Å². The number of hydrogen-bond donors (Lipinski definition) is 1. The topological polar surface area (TPSA) is 45.2 Å². The maximum Gasteiger partial charge on any atom is 0.251 e. The number of pyridine rings is 1. The second-order valence-electron chi connectivity index (χ2n) is 7.69. The summed E-state index contributed by atoms with van der Waals surface area (Å²) in [4.78, 5) is 19.4. The fourth-order valence-electron chi connectivity index (χ4n) is 3.93. The monoisotopic (exact) mass is 385 g/mol. The molecule has 1 aliphatic rings. The molecule has 1 aromatic heterocycles. The lowest BCUT2D eigenvalue weighted by Crippen LogP contribution is -2.35. The Hall–Kier alpha value is -3.14. The SMILES string of the molecule is O=C(NCc1ccccc1)c1ccnc(N2CCC(Cc3ccccc3)CC2)c1. The van der Waals surface area contributed by atoms with Gasteiger partial charge in [0.2, 0.25) is 0 Å². The number of nitrogens with zero attached hydrogens (tertiary/aromatic N) is 2. The van der Waals surface area contributed by atoms with E-state index < -0.39 is 0 Å². The van der Waals surface area contributed by atoms with Crippen molar-refractivity contribution < 1.29 is 4.79 Å². The summed E-state index contributed by atoms with van der Waals surface area (Å²) in [5, 5.41) is 2.99. The van der Waals surface area contributed by atoms with Gasteiger partial charge in [-0.05, 0) is 48.4 Å². The molecule has 1 amide bonds. The number of amides is 1. The molecule has 0 unspecified atom stereocenters. The van der Waals surface area contributed by atoms with Gasteiger partial charge in [0.15, 0.2) is 0 Å². The first-order valence-corrected chi connectivity index (χ1v) is 10.3. The average molecular weight is 386 g/mol. The van der Waals surface area contributed by atoms with Gasteiger partial charge in [0, 0.05) is 31.4 Å². The number of nitrogens with one attached hydrogen (secondary N) is 1. The number of anilines is 1. The van der Waals surface area contributed by atoms with Crippen LogP contribution in [0.4, 0.5) is 5.82 Å². The van der Waals surface area contributed by atoms with Gasteiger partial charge >= 0.3 is 0 Å². The van der Waals surface area contributed by atoms with Crippen LogP contribution in [0.25, 0.3) is 0 Å². The fraction of sp³-hybridized carbons (Fsp3) is 0.280. The Morgan fingerprint density at radius 3 is 2.28 bits per heavy atom. The van der Waals surface area contributed by atoms with Gasteiger partial charge in [0.1, 0.15) is 5.82 Å². The summed E-state index contributed by atoms with van der Waals surface area (Å²) in [5.41, 5.74) is 3.18. The first-order chi connectivity index (χ1) is 14.3. The molecule has 3 aromatic rings. The van der Waals surface area contributed by atoms with Gasteiger partial charge in [-0.3, -0.25) is 4.79 Å². The summed E-state index contributed by atoms with van der Waals surface area (Å²) >= 11 is 0. The van der Waals surface area contributed by atoms with Gasteiger partial charge in [0.05, 0.1) is 0 Å². The highest BCUT2D eigenvalue weighted by atomic mass is 16.1. The van der Waals surface area contributed by atoms with Crippen LogP contribution in [0.3, 0.4) is 0 Å². The third-order valence-corrected chi connectivity index (χ3v) is 5.61. The smallest absolute Gasteiger partial charge is 0.251 e. The van der Waals surface area contributed by atoms with Gasteiger partial charge < -0.3 is 10.2 Å². The fourth-order valence-corrected chi connectivity index (χ4v) is 3.93. The second kappa shape index (κ2) is 9.37. The molecule has 0 saturated carbocycles. The molecule has 0 aliphatic carbocycles. The summed E-state index contributed by atoms with van der Waals surface area (Å²) in [7, 11) is 0. The van der Waals surface area contributed by atoms with Crippen molar-refractivity contribution in [3.8, 4) is 0 Å². The molecule has 1 saturated heterocycles. The van der Waals surface area contributed by atoms with Crippen molar-refractivity contribution in [1.82, 2.24) is 10.3 Å². The summed E-state index contributed by atoms with van der Waals surface area (Å²) in [6.45, 7) is 2.50. The maximum absolute atomic E-state index is 12.6. The van der Waals surface area contributed by atoms with Crippen LogP contribution in [0.2, 0.25) is 0 Å². The number of rotatable bonds is 6. The van der Waals surface area contributed by atoms with Gasteiger partial charge in [-0.15, -0.1) is 0 Å². The molecule has 1 aliphatic heterocycles. The minimum Gasteiger partial charge on any atom is -0.357 e. The minimum absolute atomic E-state index is 0.0588. The molecule has 0 radical (unpaired) electrons. The van der Waals surface area contributed by atoms with Gasteiger partial charge in [-0.1, -0.05) is 60.7 Å². The van der Waals surface area contributed by atoms with Crippen molar-refractivity contribution in [2.24, 2.45) is 5.92 Å². The van der Waals surface area contributed by atoms with Gasteiger partial charge in [0.25, 0.3) is 5.91 Å². The van der Waals surface area contributed by atoms with Crippen molar-refractivity contribution in [1.29, 1.82) is 0 Å². The summed E-state index contributed by atoms with van der Waals surface area (Å²) in [5.74, 6) is 1.55. The molecule has 1 N–H and O–H groups in total. The normalized spacial score (nSPS) is 14.6. The van der Waals surface area contributed by atoms with Crippen LogP contribution in [-0.4, -0.2) is 24.0 Å². The molecule has 2 aromatic carbocycles. The standard InChI is InChI=1S/C25H27N3O/c29-25(27-19-22-9-5-2-6-10-22)23-11-14-26-24(18-23)28-15-12-21(13-16-28)17-20-7-3-1-4-8-20/h1-11,14,18,21H,12-13,15-17,19H2,(H,27,29). The largest absolute Gasteiger partial charge is 0.357 e. The predicted molar refractivity (Wildman–Crippen MR) is 117 cm³/mol. The van der Waals surface area contributed by atoms with E-state index in [0.29, 0.717) is 18.0 Å². The molecule has 2 heterocycles. The van der Waals surface area contributed by atoms with Gasteiger partial charge in [-0.2, -0.15) is 0 Å². The van der Waals surface area contributed by atoms with Crippen molar-refractivity contribution in [3.63, 3.8) is 0 Å². The summed E-state index contributed by atoms with van der Waals surface area (Å²) < 4.78 is 0. The molecule has 29 heavy (non-hydrogen) atoms. The van der Waals surface area contributed by atoms with Crippen LogP contribution in [0.15, 0.2) is 79.0 Å². The van der Waals surface area contributed by atoms with Crippen molar-refractivity contribution in [3.05, 3.63) is 95.7 Å². The van der Waals surface area contributed by atoms with E-state index >= 15 is 0 Å². The minimum atomic E-state index is -0.0588. The molecule has 4 nitrogen and oxygen atoms in total. The zero-order chi connectivity index (χ0) is 19.9. The summed E-state index contributed by atoms with van der Waals surface area (Å²) in [6.07, 6.45) is 5.19. The van der Waals surface area contributed by atoms with E-state index in [1.807, 2.05) is 36.4 Å². The van der Waals surface area contributed by atoms with Crippen LogP contribution < -0.4 is 10.2 Å². The first kappa shape index (κ1) is 19.2. The van der Waals surface area contributed by atoms with E-state index in [0.717, 1.165) is 43.7 Å². The molecule has 0 bridgehead atoms. The van der Waals surface area contributed by atoms with E-state index in [2.05, 4.69) is 45.5 Å². The number of benzene rings is 2. The highest BCUT2D eigenvalue weighted by Crippen LogP contribution is 2.25. The molecule has 1 fully saturated rings. The van der Waals surface area contributed by atoms with Crippen LogP contribution in [-0.2, 0) is 13.0 Å². The Morgan fingerprint density at radius 1 is 0.931 bits per heavy atom. The van der Waals surface area contributed by atoms with Crippen molar-refractivity contribution in [2.75, 3.05) is 18.0 Å². The lowest BCUT2D eigenvalue weighted by atomic mass is 9.90. The molecule has 4 heteroatoms. The van der Waals surface area contributed by atoms with Crippen LogP contribution in [0, 0.1) is 5.92 Å². The molecular weight excluding hydrogens is 358 g/mol. The van der Waals surface area contributed by atoms with E-state index in [1.165, 1.54) is 5.56 Å². The zero-order valence-electron chi connectivity index (χ0n) is 16.6. The number of carbonyl (C=O) groups excluding carboxylic acids is 1. The molecule has 0 atom stereocenters. The third-order valence-electron chi connectivity index (χ3n) is 5.61. The quantitative estimate of drug-likeness (QED) is 0.681. The Morgan fingerprint density at radius 2 is 1.59 bits per heavy atom. The first-order valence-electron chi connectivity index (χ1n) is 10.3. The van der Waals surface area contributed by atoms with Crippen LogP contribution >= 0.6 is 0 Å². The number of piperidine rings is 1. The van der Waals surface area contributed by atoms with Crippen LogP contribution in [0.5, 0.6) is 0 Å². The van der Waals surface area contributed by atoms with E-state index in [1.54, 1.807) is 12.3 Å². The van der Waals surface area contributed by atoms with E-state index in [9.17, 15) is 4.79 Å². The third kappa shape index (κ3) is 5.23. The molecule has 0 spiro atoms. The summed E-state index contributed by atoms with van der Waals surface area (Å²) in [6, 6.07) is 24.4. The lowest BCUT2D eigenvalue weighted by molar-refractivity contribution is 0.0951. The maximum atomic E-state index is 12.6. The Labute approximate surface area is 172 Å². The van der Waals surface area contributed by atoms with Crippen molar-refractivity contribution >= 4 is 11.7 Å². The van der Waals surface area contributed by atoms with Gasteiger partial charge in [-0.25, -0.2) is 4.98 Å².